The highest BCUT2D eigenvalue weighted by atomic mass is 16.8. The van der Waals surface area contributed by atoms with Crippen LogP contribution >= 0.6 is 0 Å². The molecular weight excluding hydrogens is 712 g/mol. The molecule has 0 aromatic carbocycles. The average Bonchev–Trinajstić information content (AvgIpc) is 3.62. The number of allylic oxidation sites excluding steroid dienone is 1. The van der Waals surface area contributed by atoms with Gasteiger partial charge in [0.1, 0.15) is 54.9 Å². The zero-order valence-electron chi connectivity index (χ0n) is 33.9. The van der Waals surface area contributed by atoms with Crippen LogP contribution in [-0.4, -0.2) is 140 Å². The number of aliphatic hydroxyl groups excluding tert-OH is 8. The summed E-state index contributed by atoms with van der Waals surface area (Å²) in [6, 6.07) is 0. The van der Waals surface area contributed by atoms with Crippen molar-refractivity contribution in [2.75, 3.05) is 19.8 Å². The van der Waals surface area contributed by atoms with Crippen molar-refractivity contribution >= 4 is 0 Å². The molecule has 0 unspecified atom stereocenters. The molecule has 13 nitrogen and oxygen atoms in total. The molecule has 3 heterocycles. The number of aliphatic hydroxyl groups is 8. The molecule has 7 aliphatic rings. The summed E-state index contributed by atoms with van der Waals surface area (Å²) in [6.45, 7) is 15.5. The Hall–Kier alpha value is -0.780. The molecule has 0 radical (unpaired) electrons. The van der Waals surface area contributed by atoms with Crippen molar-refractivity contribution in [3.8, 4) is 0 Å². The lowest BCUT2D eigenvalue weighted by atomic mass is 9.38. The van der Waals surface area contributed by atoms with Crippen LogP contribution < -0.4 is 0 Å². The van der Waals surface area contributed by atoms with E-state index in [1.807, 2.05) is 0 Å². The minimum absolute atomic E-state index is 0.0578. The average molecular weight is 783 g/mol. The number of hydrogen-bond acceptors (Lipinski definition) is 13. The van der Waals surface area contributed by atoms with E-state index in [4.69, 9.17) is 23.7 Å². The fourth-order valence-electron chi connectivity index (χ4n) is 13.8. The van der Waals surface area contributed by atoms with E-state index in [-0.39, 0.29) is 39.8 Å². The van der Waals surface area contributed by atoms with Gasteiger partial charge in [0.05, 0.1) is 32.0 Å². The molecule has 3 aliphatic heterocycles. The minimum atomic E-state index is -1.73. The van der Waals surface area contributed by atoms with Gasteiger partial charge in [-0.15, -0.1) is 0 Å². The topological polar surface area (TPSA) is 208 Å². The number of ether oxygens (including phenoxy) is 5. The van der Waals surface area contributed by atoms with E-state index in [0.717, 1.165) is 44.9 Å². The van der Waals surface area contributed by atoms with Crippen LogP contribution in [0.25, 0.3) is 0 Å². The van der Waals surface area contributed by atoms with Crippen molar-refractivity contribution < 1.29 is 64.5 Å². The third-order valence-electron chi connectivity index (χ3n) is 17.0. The molecule has 0 spiro atoms. The van der Waals surface area contributed by atoms with Crippen molar-refractivity contribution in [1.29, 1.82) is 0 Å². The normalized spacial score (nSPS) is 55.0. The van der Waals surface area contributed by atoms with E-state index in [1.165, 1.54) is 5.57 Å². The molecule has 4 saturated carbocycles. The van der Waals surface area contributed by atoms with E-state index in [9.17, 15) is 40.9 Å². The van der Waals surface area contributed by atoms with Gasteiger partial charge in [0.15, 0.2) is 12.6 Å². The molecule has 0 aromatic heterocycles. The Balaban J connectivity index is 1.08. The molecule has 0 aromatic rings. The maximum atomic E-state index is 11.5. The van der Waals surface area contributed by atoms with Gasteiger partial charge in [-0.3, -0.25) is 0 Å². The molecule has 0 amide bonds. The second-order valence-corrected chi connectivity index (χ2v) is 20.1. The summed E-state index contributed by atoms with van der Waals surface area (Å²) < 4.78 is 30.6. The predicted octanol–water partition coefficient (Wildman–Crippen LogP) is 2.02. The molecule has 3 saturated heterocycles. The van der Waals surface area contributed by atoms with Crippen LogP contribution in [-0.2, 0) is 23.7 Å². The fourth-order valence-corrected chi connectivity index (χ4v) is 13.8. The summed E-state index contributed by atoms with van der Waals surface area (Å²) in [6.07, 6.45) is -5.45. The van der Waals surface area contributed by atoms with Crippen molar-refractivity contribution in [1.82, 2.24) is 0 Å². The minimum Gasteiger partial charge on any atom is -0.394 e. The quantitative estimate of drug-likeness (QED) is 0.131. The van der Waals surface area contributed by atoms with Gasteiger partial charge >= 0.3 is 0 Å². The smallest absolute Gasteiger partial charge is 0.187 e. The van der Waals surface area contributed by atoms with Gasteiger partial charge < -0.3 is 64.5 Å². The molecule has 316 valence electrons. The number of rotatable bonds is 8. The Bertz CT molecular complexity index is 1390. The van der Waals surface area contributed by atoms with Gasteiger partial charge in [-0.25, -0.2) is 0 Å². The third kappa shape index (κ3) is 6.71. The van der Waals surface area contributed by atoms with Gasteiger partial charge in [0, 0.05) is 5.92 Å². The van der Waals surface area contributed by atoms with Gasteiger partial charge in [0.2, 0.25) is 0 Å². The van der Waals surface area contributed by atoms with Crippen LogP contribution in [0.5, 0.6) is 0 Å². The molecule has 21 atom stereocenters. The maximum absolute atomic E-state index is 11.5. The van der Waals surface area contributed by atoms with Crippen LogP contribution in [0.3, 0.4) is 0 Å². The summed E-state index contributed by atoms with van der Waals surface area (Å²) in [5, 5.41) is 84.8. The molecular formula is C42H70O13. The van der Waals surface area contributed by atoms with Crippen molar-refractivity contribution in [3.63, 3.8) is 0 Å². The van der Waals surface area contributed by atoms with Gasteiger partial charge in [-0.2, -0.15) is 0 Å². The Morgan fingerprint density at radius 1 is 0.636 bits per heavy atom. The van der Waals surface area contributed by atoms with E-state index in [0.29, 0.717) is 36.7 Å². The largest absolute Gasteiger partial charge is 0.394 e. The first-order chi connectivity index (χ1) is 25.8. The molecule has 0 bridgehead atoms. The van der Waals surface area contributed by atoms with Crippen LogP contribution in [0.4, 0.5) is 0 Å². The Kier molecular flexibility index (Phi) is 11.8. The number of hydrogen-bond donors (Lipinski definition) is 8. The lowest BCUT2D eigenvalue weighted by Gasteiger charge is -2.68. The van der Waals surface area contributed by atoms with Crippen LogP contribution in [0.15, 0.2) is 11.6 Å². The molecule has 55 heavy (non-hydrogen) atoms. The van der Waals surface area contributed by atoms with E-state index < -0.39 is 80.7 Å². The third-order valence-corrected chi connectivity index (χ3v) is 17.0. The SMILES string of the molecule is CC(C)=C[C@H]1OC[C@@H]([C@@H]2CC[C@]3(C)[C@H]4CC[C@H]5C(C)(C)[C@@H](O[C@H]6O[C@@H](CO)[C@H](O)[C@@H](O)[C@@H]6O[C@@H]6O[C@H](CO)[C@@H](O)[C@@H](O)[C@@H]6O)CC[C@@]5(C)[C@@H]4CC[C@@]23C)[C@@H]1O. The highest BCUT2D eigenvalue weighted by molar-refractivity contribution is 5.18. The lowest BCUT2D eigenvalue weighted by molar-refractivity contribution is -0.378. The maximum Gasteiger partial charge on any atom is 0.187 e. The molecule has 4 aliphatic carbocycles. The summed E-state index contributed by atoms with van der Waals surface area (Å²) in [4.78, 5) is 0. The Labute approximate surface area is 326 Å². The first kappa shape index (κ1) is 42.3. The zero-order chi connectivity index (χ0) is 40.0. The van der Waals surface area contributed by atoms with Gasteiger partial charge in [-0.1, -0.05) is 46.3 Å². The highest BCUT2D eigenvalue weighted by Crippen LogP contribution is 2.75. The fraction of sp³-hybridized carbons (Fsp3) is 0.952. The number of fused-ring (bicyclic) bond motifs is 5. The molecule has 7 fully saturated rings. The first-order valence-corrected chi connectivity index (χ1v) is 21.0. The zero-order valence-corrected chi connectivity index (χ0v) is 33.9. The highest BCUT2D eigenvalue weighted by Gasteiger charge is 2.69. The van der Waals surface area contributed by atoms with Crippen molar-refractivity contribution in [3.05, 3.63) is 11.6 Å². The van der Waals surface area contributed by atoms with Crippen LogP contribution in [0.2, 0.25) is 0 Å². The second-order valence-electron chi connectivity index (χ2n) is 20.1. The van der Waals surface area contributed by atoms with Crippen molar-refractivity contribution in [2.24, 2.45) is 51.2 Å². The Morgan fingerprint density at radius 2 is 1.24 bits per heavy atom. The first-order valence-electron chi connectivity index (χ1n) is 21.0. The summed E-state index contributed by atoms with van der Waals surface area (Å²) in [5.41, 5.74) is 1.16. The van der Waals surface area contributed by atoms with E-state index in [2.05, 4.69) is 54.5 Å². The predicted molar refractivity (Wildman–Crippen MR) is 199 cm³/mol. The Morgan fingerprint density at radius 3 is 1.87 bits per heavy atom. The van der Waals surface area contributed by atoms with E-state index in [1.54, 1.807) is 0 Å². The monoisotopic (exact) mass is 782 g/mol. The van der Waals surface area contributed by atoms with Gasteiger partial charge in [0.25, 0.3) is 0 Å². The lowest BCUT2D eigenvalue weighted by Crippen LogP contribution is -2.66. The molecule has 7 rings (SSSR count). The summed E-state index contributed by atoms with van der Waals surface area (Å²) in [5.74, 6) is 1.98. The second kappa shape index (κ2) is 15.4. The standard InChI is InChI=1S/C42H70O13/c1-20(2)16-25-30(45)21(19-51-25)22-10-14-42(7)24-8-9-28-39(3,4)29(12-13-40(28,5)23(24)11-15-41(22,42)6)54-38-36(34(49)32(47)27(18-44)53-38)55-37-35(50)33(48)31(46)26(17-43)52-37/h16,21-38,43-50H,8-15,17-19H2,1-7H3/t21-,22-,23+,24-,25+,26+,27-,28-,29-,30-,31+,32-,33+,34+,35-,36-,37-,38+,40-,41-,42+/m0/s1. The molecule has 13 heteroatoms. The van der Waals surface area contributed by atoms with Crippen molar-refractivity contribution in [2.45, 2.75) is 180 Å². The summed E-state index contributed by atoms with van der Waals surface area (Å²) >= 11 is 0. The van der Waals surface area contributed by atoms with Crippen LogP contribution in [0, 0.1) is 51.2 Å². The summed E-state index contributed by atoms with van der Waals surface area (Å²) in [7, 11) is 0. The van der Waals surface area contributed by atoms with Crippen LogP contribution in [0.1, 0.15) is 99.8 Å². The van der Waals surface area contributed by atoms with E-state index >= 15 is 0 Å². The molecule has 8 N–H and O–H groups in total. The van der Waals surface area contributed by atoms with Gasteiger partial charge in [-0.05, 0) is 111 Å².